The first-order valence-electron chi connectivity index (χ1n) is 11.9. The maximum atomic E-state index is 13.2. The third-order valence-electron chi connectivity index (χ3n) is 7.18. The molecular weight excluding hydrogens is 466 g/mol. The van der Waals surface area contributed by atoms with E-state index in [4.69, 9.17) is 15.2 Å². The largest absolute Gasteiger partial charge is 0.351 e. The van der Waals surface area contributed by atoms with Crippen LogP contribution in [0, 0.1) is 24.2 Å². The van der Waals surface area contributed by atoms with E-state index in [-0.39, 0.29) is 24.0 Å². The Bertz CT molecular complexity index is 1400. The molecule has 3 N–H and O–H groups in total. The number of H-pyrrole nitrogens is 1. The second-order valence-corrected chi connectivity index (χ2v) is 11.5. The van der Waals surface area contributed by atoms with Gasteiger partial charge in [-0.05, 0) is 44.7 Å². The number of aromatic amines is 1. The molecule has 5 heterocycles. The zero-order valence-corrected chi connectivity index (χ0v) is 20.2. The summed E-state index contributed by atoms with van der Waals surface area (Å²) in [7, 11) is -3.53. The number of nitrogens with one attached hydrogen (secondary N) is 3. The van der Waals surface area contributed by atoms with Crippen molar-refractivity contribution in [2.45, 2.75) is 50.7 Å². The van der Waals surface area contributed by atoms with E-state index in [9.17, 15) is 8.42 Å². The van der Waals surface area contributed by atoms with Gasteiger partial charge in [0.15, 0.2) is 5.82 Å². The van der Waals surface area contributed by atoms with Gasteiger partial charge in [-0.3, -0.25) is 5.10 Å². The molecule has 3 aromatic rings. The Morgan fingerprint density at radius 3 is 2.57 bits per heavy atom. The molecule has 12 heteroatoms. The molecule has 0 radical (unpaired) electrons. The number of hydrogen-bond donors (Lipinski definition) is 3. The van der Waals surface area contributed by atoms with Gasteiger partial charge in [0.2, 0.25) is 5.95 Å². The van der Waals surface area contributed by atoms with Gasteiger partial charge in [0.25, 0.3) is 10.2 Å². The topological polar surface area (TPSA) is 143 Å². The van der Waals surface area contributed by atoms with Crippen molar-refractivity contribution in [2.75, 3.05) is 23.7 Å². The van der Waals surface area contributed by atoms with E-state index in [1.54, 1.807) is 4.31 Å². The first-order chi connectivity index (χ1) is 16.9. The van der Waals surface area contributed by atoms with Crippen molar-refractivity contribution in [2.24, 2.45) is 5.92 Å². The second kappa shape index (κ2) is 8.44. The number of aromatic nitrogens is 4. The maximum absolute atomic E-state index is 13.2. The van der Waals surface area contributed by atoms with Crippen LogP contribution in [0.4, 0.5) is 17.6 Å². The van der Waals surface area contributed by atoms with Crippen LogP contribution < -0.4 is 10.6 Å². The number of para-hydroxylation sites is 1. The van der Waals surface area contributed by atoms with Crippen LogP contribution in [0.25, 0.3) is 10.9 Å². The van der Waals surface area contributed by atoms with Gasteiger partial charge >= 0.3 is 0 Å². The molecule has 6 rings (SSSR count). The van der Waals surface area contributed by atoms with Crippen molar-refractivity contribution in [3.8, 4) is 6.07 Å². The Morgan fingerprint density at radius 2 is 1.89 bits per heavy atom. The first-order valence-corrected chi connectivity index (χ1v) is 13.3. The lowest BCUT2D eigenvalue weighted by Gasteiger charge is -2.43. The summed E-state index contributed by atoms with van der Waals surface area (Å²) in [4.78, 5) is 9.47. The van der Waals surface area contributed by atoms with Crippen LogP contribution >= 0.6 is 0 Å². The zero-order chi connectivity index (χ0) is 24.2. The van der Waals surface area contributed by atoms with Gasteiger partial charge in [-0.15, -0.1) is 0 Å². The van der Waals surface area contributed by atoms with Gasteiger partial charge in [0.1, 0.15) is 5.82 Å². The lowest BCUT2D eigenvalue weighted by Crippen LogP contribution is -2.59. The number of piperidine rings is 1. The van der Waals surface area contributed by atoms with Crippen LogP contribution in [-0.2, 0) is 10.2 Å². The van der Waals surface area contributed by atoms with E-state index in [1.807, 2.05) is 37.3 Å². The molecule has 35 heavy (non-hydrogen) atoms. The van der Waals surface area contributed by atoms with Crippen molar-refractivity contribution in [1.82, 2.24) is 28.8 Å². The van der Waals surface area contributed by atoms with Gasteiger partial charge in [0.05, 0.1) is 17.5 Å². The molecule has 1 aromatic carbocycles. The Kier molecular flexibility index (Phi) is 5.36. The van der Waals surface area contributed by atoms with Gasteiger partial charge in [-0.2, -0.15) is 32.4 Å². The summed E-state index contributed by atoms with van der Waals surface area (Å²) in [6.45, 7) is 2.54. The molecule has 3 fully saturated rings. The third kappa shape index (κ3) is 3.99. The predicted molar refractivity (Wildman–Crippen MR) is 131 cm³/mol. The molecule has 3 aliphatic heterocycles. The number of rotatable bonds is 6. The van der Waals surface area contributed by atoms with E-state index in [0.717, 1.165) is 29.4 Å². The first kappa shape index (κ1) is 22.2. The van der Waals surface area contributed by atoms with Crippen LogP contribution in [0.15, 0.2) is 30.3 Å². The van der Waals surface area contributed by atoms with E-state index in [0.29, 0.717) is 43.5 Å². The number of nitrogens with zero attached hydrogens (tertiary/aromatic N) is 6. The van der Waals surface area contributed by atoms with Gasteiger partial charge in [-0.1, -0.05) is 12.1 Å². The van der Waals surface area contributed by atoms with Crippen LogP contribution in [0.2, 0.25) is 0 Å². The van der Waals surface area contributed by atoms with Crippen LogP contribution in [0.1, 0.15) is 31.4 Å². The second-order valence-electron chi connectivity index (χ2n) is 9.65. The fourth-order valence-electron chi connectivity index (χ4n) is 5.49. The third-order valence-corrected chi connectivity index (χ3v) is 9.26. The molecule has 11 nitrogen and oxygen atoms in total. The van der Waals surface area contributed by atoms with E-state index in [1.165, 1.54) is 4.31 Å². The normalized spacial score (nSPS) is 25.3. The Balaban J connectivity index is 1.21. The van der Waals surface area contributed by atoms with Crippen molar-refractivity contribution in [1.29, 1.82) is 5.26 Å². The molecule has 0 saturated carbocycles. The zero-order valence-electron chi connectivity index (χ0n) is 19.3. The smallest absolute Gasteiger partial charge is 0.282 e. The van der Waals surface area contributed by atoms with Crippen LogP contribution in [-0.4, -0.2) is 68.4 Å². The molecule has 0 unspecified atom stereocenters. The summed E-state index contributed by atoms with van der Waals surface area (Å²) >= 11 is 0. The lowest BCUT2D eigenvalue weighted by atomic mass is 10.00. The minimum atomic E-state index is -3.53. The van der Waals surface area contributed by atoms with Gasteiger partial charge in [0, 0.05) is 48.4 Å². The fourth-order valence-corrected chi connectivity index (χ4v) is 7.63. The summed E-state index contributed by atoms with van der Waals surface area (Å²) in [5.41, 5.74) is 1.76. The Morgan fingerprint density at radius 1 is 1.14 bits per heavy atom. The molecule has 0 amide bonds. The minimum absolute atomic E-state index is 0.0533. The highest BCUT2D eigenvalue weighted by atomic mass is 32.2. The summed E-state index contributed by atoms with van der Waals surface area (Å²) < 4.78 is 29.6. The SMILES string of the molecule is Cc1cc(Nc2nc(N[C@@H]3C[C@H]4CC[C@@H](C3)N4S(=O)(=O)N3CC(C#N)C3)nc3ccccc23)n[nH]1. The summed E-state index contributed by atoms with van der Waals surface area (Å²) in [5.74, 6) is 1.66. The number of benzene rings is 1. The summed E-state index contributed by atoms with van der Waals surface area (Å²) in [6.07, 6.45) is 3.09. The van der Waals surface area contributed by atoms with Crippen LogP contribution in [0.3, 0.4) is 0 Å². The highest BCUT2D eigenvalue weighted by Crippen LogP contribution is 2.40. The van der Waals surface area contributed by atoms with E-state index >= 15 is 0 Å². The predicted octanol–water partition coefficient (Wildman–Crippen LogP) is 2.51. The average Bonchev–Trinajstić information content (AvgIpc) is 3.33. The summed E-state index contributed by atoms with van der Waals surface area (Å²) in [6, 6.07) is 11.8. The standard InChI is InChI=1S/C23H27N9O2S/c1-14-8-21(30-29-14)27-22-19-4-2-3-5-20(19)26-23(28-22)25-16-9-17-6-7-18(10-16)32(17)35(33,34)31-12-15(11-24)13-31/h2-5,8,15-18H,6-7,9-10,12-13H2,1H3,(H3,25,26,27,28,29,30)/t16-,17-,18+. The number of nitriles is 1. The molecule has 2 aromatic heterocycles. The molecule has 3 aliphatic rings. The monoisotopic (exact) mass is 493 g/mol. The minimum Gasteiger partial charge on any atom is -0.351 e. The maximum Gasteiger partial charge on any atom is 0.282 e. The highest BCUT2D eigenvalue weighted by molar-refractivity contribution is 7.86. The number of hydrogen-bond acceptors (Lipinski definition) is 8. The average molecular weight is 494 g/mol. The molecular formula is C23H27N9O2S. The van der Waals surface area contributed by atoms with Gasteiger partial charge in [-0.25, -0.2) is 4.98 Å². The van der Waals surface area contributed by atoms with Crippen molar-refractivity contribution < 1.29 is 8.42 Å². The molecule has 0 aliphatic carbocycles. The number of anilines is 3. The Labute approximate surface area is 203 Å². The fraction of sp³-hybridized carbons (Fsp3) is 0.478. The van der Waals surface area contributed by atoms with Crippen molar-refractivity contribution in [3.63, 3.8) is 0 Å². The quantitative estimate of drug-likeness (QED) is 0.475. The van der Waals surface area contributed by atoms with E-state index < -0.39 is 10.2 Å². The van der Waals surface area contributed by atoms with E-state index in [2.05, 4.69) is 26.9 Å². The summed E-state index contributed by atoms with van der Waals surface area (Å²) in [5, 5.41) is 23.9. The number of aryl methyl sites for hydroxylation is 1. The Hall–Kier alpha value is -3.27. The van der Waals surface area contributed by atoms with Crippen molar-refractivity contribution >= 4 is 38.7 Å². The molecule has 2 bridgehead atoms. The molecule has 3 saturated heterocycles. The molecule has 0 spiro atoms. The molecule has 3 atom stereocenters. The van der Waals surface area contributed by atoms with Crippen molar-refractivity contribution in [3.05, 3.63) is 36.0 Å². The number of fused-ring (bicyclic) bond motifs is 3. The lowest BCUT2D eigenvalue weighted by molar-refractivity contribution is 0.182. The molecule has 182 valence electrons. The van der Waals surface area contributed by atoms with Gasteiger partial charge < -0.3 is 10.6 Å². The van der Waals surface area contributed by atoms with Crippen LogP contribution in [0.5, 0.6) is 0 Å². The highest BCUT2D eigenvalue weighted by Gasteiger charge is 2.51.